The first-order valence-electron chi connectivity index (χ1n) is 6.09. The van der Waals surface area contributed by atoms with E-state index in [1.807, 2.05) is 24.3 Å². The van der Waals surface area contributed by atoms with Gasteiger partial charge in [-0.1, -0.05) is 0 Å². The van der Waals surface area contributed by atoms with Crippen LogP contribution in [0.3, 0.4) is 0 Å². The Hall–Kier alpha value is -1.55. The molecular formula is C13H19N3O. The van der Waals surface area contributed by atoms with Crippen molar-refractivity contribution in [1.29, 1.82) is 0 Å². The molecule has 1 aromatic carbocycles. The fraction of sp³-hybridized carbons (Fsp3) is 0.462. The van der Waals surface area contributed by atoms with Crippen molar-refractivity contribution in [1.82, 2.24) is 5.32 Å². The topological polar surface area (TPSA) is 53.2 Å². The molecule has 4 nitrogen and oxygen atoms in total. The number of benzene rings is 1. The third-order valence-electron chi connectivity index (χ3n) is 2.92. The number of hydrogen-bond acceptors (Lipinski definition) is 3. The van der Waals surface area contributed by atoms with Crippen LogP contribution in [0.15, 0.2) is 24.3 Å². The van der Waals surface area contributed by atoms with Gasteiger partial charge in [0.1, 0.15) is 0 Å². The van der Waals surface area contributed by atoms with Gasteiger partial charge in [0.2, 0.25) is 5.91 Å². The largest absolute Gasteiger partial charge is 0.383 e. The van der Waals surface area contributed by atoms with E-state index in [0.717, 1.165) is 24.5 Å². The summed E-state index contributed by atoms with van der Waals surface area (Å²) in [5.74, 6) is -0.0409. The van der Waals surface area contributed by atoms with Gasteiger partial charge in [-0.25, -0.2) is 0 Å². The lowest BCUT2D eigenvalue weighted by molar-refractivity contribution is -0.114. The molecule has 1 aromatic rings. The number of carbonyl (C=O) groups excluding carboxylic acids is 1. The molecule has 0 bridgehead atoms. The zero-order valence-corrected chi connectivity index (χ0v) is 10.1. The molecule has 1 fully saturated rings. The Morgan fingerprint density at radius 3 is 2.65 bits per heavy atom. The van der Waals surface area contributed by atoms with Gasteiger partial charge >= 0.3 is 0 Å². The maximum absolute atomic E-state index is 10.9. The maximum Gasteiger partial charge on any atom is 0.221 e. The Labute approximate surface area is 102 Å². The molecule has 1 unspecified atom stereocenters. The van der Waals surface area contributed by atoms with E-state index >= 15 is 0 Å². The molecule has 4 heteroatoms. The number of nitrogens with one attached hydrogen (secondary N) is 3. The summed E-state index contributed by atoms with van der Waals surface area (Å²) >= 11 is 0. The summed E-state index contributed by atoms with van der Waals surface area (Å²) in [5.41, 5.74) is 1.93. The fourth-order valence-electron chi connectivity index (χ4n) is 2.05. The van der Waals surface area contributed by atoms with E-state index in [2.05, 4.69) is 16.0 Å². The summed E-state index contributed by atoms with van der Waals surface area (Å²) < 4.78 is 0. The summed E-state index contributed by atoms with van der Waals surface area (Å²) in [6, 6.07) is 8.38. The predicted molar refractivity (Wildman–Crippen MR) is 70.3 cm³/mol. The average Bonchev–Trinajstić information content (AvgIpc) is 2.80. The van der Waals surface area contributed by atoms with E-state index in [4.69, 9.17) is 0 Å². The van der Waals surface area contributed by atoms with Crippen molar-refractivity contribution < 1.29 is 4.79 Å². The van der Waals surface area contributed by atoms with Gasteiger partial charge in [0.25, 0.3) is 0 Å². The second-order valence-electron chi connectivity index (χ2n) is 4.43. The molecular weight excluding hydrogens is 214 g/mol. The average molecular weight is 233 g/mol. The lowest BCUT2D eigenvalue weighted by Crippen LogP contribution is -2.29. The third kappa shape index (κ3) is 3.75. The highest BCUT2D eigenvalue weighted by atomic mass is 16.1. The Morgan fingerprint density at radius 1 is 1.35 bits per heavy atom. The number of hydrogen-bond donors (Lipinski definition) is 3. The van der Waals surface area contributed by atoms with Crippen LogP contribution < -0.4 is 16.0 Å². The minimum absolute atomic E-state index is 0.0409. The highest BCUT2D eigenvalue weighted by molar-refractivity contribution is 5.88. The molecule has 0 aromatic heterocycles. The van der Waals surface area contributed by atoms with Gasteiger partial charge in [0.05, 0.1) is 0 Å². The zero-order valence-electron chi connectivity index (χ0n) is 10.1. The van der Waals surface area contributed by atoms with Crippen molar-refractivity contribution in [3.05, 3.63) is 24.3 Å². The van der Waals surface area contributed by atoms with Gasteiger partial charge in [0, 0.05) is 30.9 Å². The lowest BCUT2D eigenvalue weighted by atomic mass is 10.2. The molecule has 1 saturated heterocycles. The van der Waals surface area contributed by atoms with Crippen LogP contribution in [0, 0.1) is 0 Å². The van der Waals surface area contributed by atoms with Crippen LogP contribution in [-0.4, -0.2) is 25.0 Å². The molecule has 1 atom stereocenters. The number of carbonyl (C=O) groups is 1. The minimum Gasteiger partial charge on any atom is -0.383 e. The van der Waals surface area contributed by atoms with Crippen molar-refractivity contribution in [2.75, 3.05) is 23.7 Å². The Bertz CT molecular complexity index is 369. The van der Waals surface area contributed by atoms with Gasteiger partial charge in [-0.2, -0.15) is 0 Å². The van der Waals surface area contributed by atoms with Crippen molar-refractivity contribution in [2.24, 2.45) is 0 Å². The summed E-state index contributed by atoms with van der Waals surface area (Å²) in [7, 11) is 0. The van der Waals surface area contributed by atoms with Crippen LogP contribution in [0.5, 0.6) is 0 Å². The standard InChI is InChI=1S/C13H19N3O/c1-10(17)16-12-6-4-11(5-7-12)15-9-13-3-2-8-14-13/h4-7,13-15H,2-3,8-9H2,1H3,(H,16,17). The van der Waals surface area contributed by atoms with E-state index in [9.17, 15) is 4.79 Å². The normalized spacial score (nSPS) is 19.0. The summed E-state index contributed by atoms with van der Waals surface area (Å²) in [4.78, 5) is 10.9. The van der Waals surface area contributed by atoms with E-state index < -0.39 is 0 Å². The van der Waals surface area contributed by atoms with Crippen molar-refractivity contribution >= 4 is 17.3 Å². The molecule has 3 N–H and O–H groups in total. The molecule has 92 valence electrons. The SMILES string of the molecule is CC(=O)Nc1ccc(NCC2CCCN2)cc1. The lowest BCUT2D eigenvalue weighted by Gasteiger charge is -2.13. The molecule has 1 amide bonds. The van der Waals surface area contributed by atoms with Gasteiger partial charge in [-0.05, 0) is 43.7 Å². The second kappa shape index (κ2) is 5.68. The zero-order chi connectivity index (χ0) is 12.1. The third-order valence-corrected chi connectivity index (χ3v) is 2.92. The van der Waals surface area contributed by atoms with Gasteiger partial charge in [0.15, 0.2) is 0 Å². The van der Waals surface area contributed by atoms with Crippen LogP contribution in [0.1, 0.15) is 19.8 Å². The van der Waals surface area contributed by atoms with Crippen molar-refractivity contribution in [2.45, 2.75) is 25.8 Å². The minimum atomic E-state index is -0.0409. The van der Waals surface area contributed by atoms with Crippen LogP contribution in [0.25, 0.3) is 0 Å². The van der Waals surface area contributed by atoms with E-state index in [1.165, 1.54) is 19.8 Å². The molecule has 0 radical (unpaired) electrons. The van der Waals surface area contributed by atoms with E-state index in [-0.39, 0.29) is 5.91 Å². The molecule has 0 spiro atoms. The molecule has 1 aliphatic heterocycles. The number of amides is 1. The Kier molecular flexibility index (Phi) is 3.98. The van der Waals surface area contributed by atoms with Crippen LogP contribution >= 0.6 is 0 Å². The van der Waals surface area contributed by atoms with Gasteiger partial charge in [-0.3, -0.25) is 4.79 Å². The molecule has 0 saturated carbocycles. The van der Waals surface area contributed by atoms with Crippen LogP contribution in [0.4, 0.5) is 11.4 Å². The van der Waals surface area contributed by atoms with Crippen LogP contribution in [0.2, 0.25) is 0 Å². The first-order chi connectivity index (χ1) is 8.24. The summed E-state index contributed by atoms with van der Waals surface area (Å²) in [6.07, 6.45) is 2.52. The highest BCUT2D eigenvalue weighted by Crippen LogP contribution is 2.14. The summed E-state index contributed by atoms with van der Waals surface area (Å²) in [5, 5.41) is 9.59. The summed E-state index contributed by atoms with van der Waals surface area (Å²) in [6.45, 7) is 3.60. The van der Waals surface area contributed by atoms with Crippen molar-refractivity contribution in [3.63, 3.8) is 0 Å². The van der Waals surface area contributed by atoms with Gasteiger partial charge < -0.3 is 16.0 Å². The monoisotopic (exact) mass is 233 g/mol. The van der Waals surface area contributed by atoms with E-state index in [1.54, 1.807) is 0 Å². The quantitative estimate of drug-likeness (QED) is 0.743. The molecule has 17 heavy (non-hydrogen) atoms. The van der Waals surface area contributed by atoms with Gasteiger partial charge in [-0.15, -0.1) is 0 Å². The maximum atomic E-state index is 10.9. The van der Waals surface area contributed by atoms with E-state index in [0.29, 0.717) is 6.04 Å². The molecule has 1 heterocycles. The number of anilines is 2. The van der Waals surface area contributed by atoms with Crippen LogP contribution in [-0.2, 0) is 4.79 Å². The second-order valence-corrected chi connectivity index (χ2v) is 4.43. The Balaban J connectivity index is 1.82. The van der Waals surface area contributed by atoms with Crippen molar-refractivity contribution in [3.8, 4) is 0 Å². The smallest absolute Gasteiger partial charge is 0.221 e. The molecule has 2 rings (SSSR count). The highest BCUT2D eigenvalue weighted by Gasteiger charge is 2.12. The molecule has 0 aliphatic carbocycles. The fourth-order valence-corrected chi connectivity index (χ4v) is 2.05. The first-order valence-corrected chi connectivity index (χ1v) is 6.09. The Morgan fingerprint density at radius 2 is 2.06 bits per heavy atom. The first kappa shape index (κ1) is 11.9. The number of rotatable bonds is 4. The predicted octanol–water partition coefficient (Wildman–Crippen LogP) is 1.81. The molecule has 1 aliphatic rings.